The number of rotatable bonds is 22. The highest BCUT2D eigenvalue weighted by atomic mass is 16.6. The van der Waals surface area contributed by atoms with Crippen LogP contribution in [0.5, 0.6) is 0 Å². The number of amides is 1. The highest BCUT2D eigenvalue weighted by molar-refractivity contribution is 5.75. The zero-order valence-electron chi connectivity index (χ0n) is 23.3. The topological polar surface area (TPSA) is 137 Å². The lowest BCUT2D eigenvalue weighted by atomic mass is 9.81. The summed E-state index contributed by atoms with van der Waals surface area (Å²) in [6.45, 7) is 9.48. The van der Waals surface area contributed by atoms with Crippen molar-refractivity contribution in [2.24, 2.45) is 5.92 Å². The SMILES string of the molecule is C#CCOCCOCCOCCOCNC/C=C\[C@@H]1C[C@H](C(=O)O)N[C@H]1[C@@H](NC(C)=O)[C@](C)(CCC)OC. The third-order valence-electron chi connectivity index (χ3n) is 6.40. The summed E-state index contributed by atoms with van der Waals surface area (Å²) in [6, 6.07) is -1.38. The molecule has 5 atom stereocenters. The van der Waals surface area contributed by atoms with Gasteiger partial charge in [-0.05, 0) is 25.7 Å². The Balaban J connectivity index is 2.43. The highest BCUT2D eigenvalue weighted by Gasteiger charge is 2.47. The van der Waals surface area contributed by atoms with Crippen molar-refractivity contribution in [3.8, 4) is 12.3 Å². The van der Waals surface area contributed by atoms with Crippen molar-refractivity contribution in [3.05, 3.63) is 12.2 Å². The minimum absolute atomic E-state index is 0.0958. The van der Waals surface area contributed by atoms with Crippen LogP contribution >= 0.6 is 0 Å². The number of hydrogen-bond donors (Lipinski definition) is 4. The smallest absolute Gasteiger partial charge is 0.320 e. The number of carboxylic acid groups (broad SMARTS) is 1. The van der Waals surface area contributed by atoms with Gasteiger partial charge in [-0.25, -0.2) is 0 Å². The maximum atomic E-state index is 12.0. The van der Waals surface area contributed by atoms with Crippen molar-refractivity contribution in [2.45, 2.75) is 63.8 Å². The molecule has 1 aliphatic heterocycles. The van der Waals surface area contributed by atoms with Gasteiger partial charge in [0.05, 0.1) is 58.0 Å². The fraction of sp³-hybridized carbons (Fsp3) is 0.778. The average molecular weight is 542 g/mol. The molecular formula is C27H47N3O8. The Kier molecular flexibility index (Phi) is 17.8. The van der Waals surface area contributed by atoms with Crippen LogP contribution in [0.4, 0.5) is 0 Å². The second kappa shape index (κ2) is 19.9. The van der Waals surface area contributed by atoms with Crippen LogP contribution in [0.2, 0.25) is 0 Å². The number of carbonyl (C=O) groups excluding carboxylic acids is 1. The van der Waals surface area contributed by atoms with Crippen molar-refractivity contribution in [1.29, 1.82) is 0 Å². The van der Waals surface area contributed by atoms with Gasteiger partial charge >= 0.3 is 5.97 Å². The lowest BCUT2D eigenvalue weighted by Gasteiger charge is -2.41. The number of carbonyl (C=O) groups is 2. The molecule has 11 nitrogen and oxygen atoms in total. The molecule has 218 valence electrons. The number of aliphatic carboxylic acids is 1. The Labute approximate surface area is 227 Å². The Morgan fingerprint density at radius 2 is 1.79 bits per heavy atom. The predicted molar refractivity (Wildman–Crippen MR) is 144 cm³/mol. The molecule has 4 N–H and O–H groups in total. The molecule has 0 unspecified atom stereocenters. The lowest BCUT2D eigenvalue weighted by Crippen LogP contribution is -2.62. The van der Waals surface area contributed by atoms with Crippen LogP contribution in [0.25, 0.3) is 0 Å². The van der Waals surface area contributed by atoms with Gasteiger partial charge in [0, 0.05) is 26.6 Å². The molecule has 1 heterocycles. The molecule has 1 fully saturated rings. The van der Waals surface area contributed by atoms with Gasteiger partial charge in [0.2, 0.25) is 5.91 Å². The largest absolute Gasteiger partial charge is 0.480 e. The standard InChI is InChI=1S/C27H47N3O8/c1-6-10-27(4,34-5)25(29-21(3)31)24-22(19-23(30-24)26(32)33)9-8-11-28-20-38-18-17-37-16-15-36-14-13-35-12-7-2/h2,8-9,22-25,28,30H,6,10-20H2,1,3-5H3,(H,29,31)(H,32,33)/b9-8-/t22-,23-,24-,25-,27+/m1/s1. The summed E-state index contributed by atoms with van der Waals surface area (Å²) in [5, 5.41) is 19.0. The second-order valence-electron chi connectivity index (χ2n) is 9.34. The van der Waals surface area contributed by atoms with E-state index in [0.29, 0.717) is 59.3 Å². The molecule has 0 aromatic carbocycles. The monoisotopic (exact) mass is 541 g/mol. The van der Waals surface area contributed by atoms with Crippen molar-refractivity contribution in [2.75, 3.05) is 66.6 Å². The van der Waals surface area contributed by atoms with Gasteiger partial charge in [0.25, 0.3) is 0 Å². The van der Waals surface area contributed by atoms with E-state index in [1.165, 1.54) is 6.92 Å². The van der Waals surface area contributed by atoms with E-state index in [-0.39, 0.29) is 24.5 Å². The van der Waals surface area contributed by atoms with E-state index in [1.54, 1.807) is 7.11 Å². The maximum absolute atomic E-state index is 12.0. The molecule has 1 saturated heterocycles. The summed E-state index contributed by atoms with van der Waals surface area (Å²) >= 11 is 0. The second-order valence-corrected chi connectivity index (χ2v) is 9.34. The van der Waals surface area contributed by atoms with Crippen molar-refractivity contribution in [3.63, 3.8) is 0 Å². The van der Waals surface area contributed by atoms with Gasteiger partial charge in [0.1, 0.15) is 12.6 Å². The lowest BCUT2D eigenvalue weighted by molar-refractivity contribution is -0.139. The summed E-state index contributed by atoms with van der Waals surface area (Å²) in [7, 11) is 1.63. The maximum Gasteiger partial charge on any atom is 0.320 e. The molecule has 1 rings (SSSR count). The van der Waals surface area contributed by atoms with Gasteiger partial charge in [-0.2, -0.15) is 0 Å². The van der Waals surface area contributed by atoms with E-state index in [4.69, 9.17) is 30.1 Å². The third-order valence-corrected chi connectivity index (χ3v) is 6.40. The first-order valence-electron chi connectivity index (χ1n) is 13.2. The summed E-state index contributed by atoms with van der Waals surface area (Å²) in [5.41, 5.74) is -0.644. The van der Waals surface area contributed by atoms with Crippen LogP contribution in [0.3, 0.4) is 0 Å². The quantitative estimate of drug-likeness (QED) is 0.0678. The number of carboxylic acids is 1. The summed E-state index contributed by atoms with van der Waals surface area (Å²) in [5.74, 6) is 1.21. The van der Waals surface area contributed by atoms with E-state index < -0.39 is 23.7 Å². The molecule has 0 saturated carbocycles. The molecule has 0 aromatic heterocycles. The fourth-order valence-corrected chi connectivity index (χ4v) is 4.50. The Bertz CT molecular complexity index is 744. The van der Waals surface area contributed by atoms with Gasteiger partial charge in [-0.1, -0.05) is 31.4 Å². The molecule has 0 spiro atoms. The normalized spacial score (nSPS) is 21.7. The zero-order chi connectivity index (χ0) is 28.2. The van der Waals surface area contributed by atoms with Gasteiger partial charge in [-0.15, -0.1) is 6.42 Å². The van der Waals surface area contributed by atoms with E-state index in [1.807, 2.05) is 19.1 Å². The number of hydrogen-bond acceptors (Lipinski definition) is 9. The molecular weight excluding hydrogens is 494 g/mol. The van der Waals surface area contributed by atoms with Crippen molar-refractivity contribution < 1.29 is 38.4 Å². The molecule has 1 aliphatic rings. The first kappa shape index (κ1) is 34.0. The van der Waals surface area contributed by atoms with E-state index in [0.717, 1.165) is 12.8 Å². The molecule has 0 aliphatic carbocycles. The van der Waals surface area contributed by atoms with Crippen LogP contribution in [0, 0.1) is 18.3 Å². The number of nitrogens with one attached hydrogen (secondary N) is 3. The number of ether oxygens (including phenoxy) is 5. The fourth-order valence-electron chi connectivity index (χ4n) is 4.50. The van der Waals surface area contributed by atoms with E-state index >= 15 is 0 Å². The first-order chi connectivity index (χ1) is 18.3. The third kappa shape index (κ3) is 13.2. The van der Waals surface area contributed by atoms with Gasteiger partial charge in [0.15, 0.2) is 0 Å². The minimum atomic E-state index is -0.906. The molecule has 11 heteroatoms. The predicted octanol–water partition coefficient (Wildman–Crippen LogP) is 0.931. The molecule has 0 bridgehead atoms. The van der Waals surface area contributed by atoms with Crippen LogP contribution < -0.4 is 16.0 Å². The number of terminal acetylenes is 1. The molecule has 38 heavy (non-hydrogen) atoms. The Morgan fingerprint density at radius 1 is 1.16 bits per heavy atom. The zero-order valence-corrected chi connectivity index (χ0v) is 23.3. The van der Waals surface area contributed by atoms with Crippen LogP contribution in [0.15, 0.2) is 12.2 Å². The van der Waals surface area contributed by atoms with Crippen molar-refractivity contribution in [1.82, 2.24) is 16.0 Å². The molecule has 0 aromatic rings. The van der Waals surface area contributed by atoms with E-state index in [9.17, 15) is 14.7 Å². The van der Waals surface area contributed by atoms with Crippen LogP contribution in [-0.2, 0) is 33.3 Å². The molecule has 0 radical (unpaired) electrons. The average Bonchev–Trinajstić information content (AvgIpc) is 3.31. The molecule has 1 amide bonds. The Morgan fingerprint density at radius 3 is 2.34 bits per heavy atom. The highest BCUT2D eigenvalue weighted by Crippen LogP contribution is 2.32. The summed E-state index contributed by atoms with van der Waals surface area (Å²) < 4.78 is 27.3. The summed E-state index contributed by atoms with van der Waals surface area (Å²) in [6.07, 6.45) is 11.1. The van der Waals surface area contributed by atoms with Crippen LogP contribution in [0.1, 0.15) is 40.0 Å². The van der Waals surface area contributed by atoms with Gasteiger partial charge in [-0.3, -0.25) is 20.2 Å². The van der Waals surface area contributed by atoms with Crippen LogP contribution in [-0.4, -0.2) is 107 Å². The Hall–Kier alpha value is -2.04. The summed E-state index contributed by atoms with van der Waals surface area (Å²) in [4.78, 5) is 23.8. The minimum Gasteiger partial charge on any atom is -0.480 e. The van der Waals surface area contributed by atoms with Gasteiger partial charge < -0.3 is 34.1 Å². The first-order valence-corrected chi connectivity index (χ1v) is 13.2. The van der Waals surface area contributed by atoms with Crippen molar-refractivity contribution >= 4 is 11.9 Å². The van der Waals surface area contributed by atoms with E-state index in [2.05, 4.69) is 28.8 Å². The number of methoxy groups -OCH3 is 1.